The Labute approximate surface area is 376 Å². The highest BCUT2D eigenvalue weighted by Gasteiger charge is 2.48. The average Bonchev–Trinajstić information content (AvgIpc) is 4.06. The van der Waals surface area contributed by atoms with E-state index in [1.54, 1.807) is 86.1 Å². The molecule has 2 aliphatic heterocycles. The van der Waals surface area contributed by atoms with Crippen molar-refractivity contribution in [2.24, 2.45) is 0 Å². The number of nitrogens with zero attached hydrogens (tertiary/aromatic N) is 2. The molecule has 2 amide bonds. The number of likely N-dealkylation sites (N-methyl/N-ethyl adjacent to an activating group) is 2. The Morgan fingerprint density at radius 3 is 1.11 bits per heavy atom. The SMILES string of the molecule is CCN1C(=O)C2=C(c3ccc(-c4ccc(-c5ccccc5OC(=O)OC(C)(C)C)s4)s3)N(CC)C(=O)C2=C1c1ccc(-c2ccc(-c3ccccc3OC(=O)OC(C)(C)C)s2)s1. The van der Waals surface area contributed by atoms with Crippen molar-refractivity contribution in [2.45, 2.75) is 66.6 Å². The monoisotopic (exact) mass is 904 g/mol. The van der Waals surface area contributed by atoms with Crippen LogP contribution >= 0.6 is 45.3 Å². The van der Waals surface area contributed by atoms with Gasteiger partial charge in [0.2, 0.25) is 0 Å². The van der Waals surface area contributed by atoms with E-state index < -0.39 is 23.5 Å². The summed E-state index contributed by atoms with van der Waals surface area (Å²) >= 11 is 6.17. The molecule has 0 saturated heterocycles. The lowest BCUT2D eigenvalue weighted by atomic mass is 10.1. The van der Waals surface area contributed by atoms with E-state index in [2.05, 4.69) is 0 Å². The smallest absolute Gasteiger partial charge is 0.428 e. The summed E-state index contributed by atoms with van der Waals surface area (Å²) < 4.78 is 22.0. The summed E-state index contributed by atoms with van der Waals surface area (Å²) in [4.78, 5) is 64.7. The topological polar surface area (TPSA) is 112 Å². The van der Waals surface area contributed by atoms with Crippen molar-refractivity contribution in [3.8, 4) is 51.9 Å². The van der Waals surface area contributed by atoms with Gasteiger partial charge in [-0.1, -0.05) is 24.3 Å². The van der Waals surface area contributed by atoms with Crippen LogP contribution < -0.4 is 9.47 Å². The van der Waals surface area contributed by atoms with Gasteiger partial charge in [0.1, 0.15) is 22.7 Å². The Hall–Kier alpha value is -5.80. The molecule has 14 heteroatoms. The van der Waals surface area contributed by atoms with Crippen LogP contribution in [0.2, 0.25) is 0 Å². The van der Waals surface area contributed by atoms with E-state index in [-0.39, 0.29) is 11.8 Å². The zero-order valence-corrected chi connectivity index (χ0v) is 38.7. The molecule has 2 aromatic carbocycles. The fourth-order valence-corrected chi connectivity index (χ4v) is 11.6. The molecule has 0 atom stereocenters. The highest BCUT2D eigenvalue weighted by atomic mass is 32.1. The van der Waals surface area contributed by atoms with E-state index in [9.17, 15) is 19.2 Å². The Bertz CT molecular complexity index is 2610. The second-order valence-corrected chi connectivity index (χ2v) is 20.7. The van der Waals surface area contributed by atoms with Crippen LogP contribution in [0.15, 0.2) is 108 Å². The number of para-hydroxylation sites is 2. The number of fused-ring (bicyclic) bond motifs is 1. The van der Waals surface area contributed by atoms with Gasteiger partial charge in [0.15, 0.2) is 0 Å². The van der Waals surface area contributed by atoms with E-state index in [0.717, 1.165) is 50.1 Å². The van der Waals surface area contributed by atoms with Gasteiger partial charge in [0, 0.05) is 53.5 Å². The molecular weight excluding hydrogens is 861 g/mol. The third-order valence-corrected chi connectivity index (χ3v) is 14.5. The van der Waals surface area contributed by atoms with Gasteiger partial charge in [0.05, 0.1) is 32.3 Å². The van der Waals surface area contributed by atoms with Crippen LogP contribution in [0.1, 0.15) is 65.1 Å². The molecule has 0 unspecified atom stereocenters. The second kappa shape index (κ2) is 16.8. The van der Waals surface area contributed by atoms with E-state index in [0.29, 0.717) is 47.1 Å². The molecule has 0 bridgehead atoms. The minimum Gasteiger partial charge on any atom is -0.428 e. The number of hydrogen-bond acceptors (Lipinski definition) is 12. The van der Waals surface area contributed by atoms with Gasteiger partial charge in [-0.25, -0.2) is 9.59 Å². The number of amides is 2. The van der Waals surface area contributed by atoms with Gasteiger partial charge in [-0.15, -0.1) is 45.3 Å². The van der Waals surface area contributed by atoms with Crippen LogP contribution in [0.25, 0.3) is 51.8 Å². The molecule has 0 radical (unpaired) electrons. The zero-order valence-electron chi connectivity index (χ0n) is 35.4. The minimum absolute atomic E-state index is 0.193. The van der Waals surface area contributed by atoms with E-state index in [1.807, 2.05) is 98.8 Å². The van der Waals surface area contributed by atoms with E-state index in [1.165, 1.54) is 22.7 Å². The minimum atomic E-state index is -0.770. The normalized spacial score (nSPS) is 14.3. The lowest BCUT2D eigenvalue weighted by Gasteiger charge is -2.22. The van der Waals surface area contributed by atoms with Crippen LogP contribution in [0, 0.1) is 0 Å². The van der Waals surface area contributed by atoms with Gasteiger partial charge in [-0.05, 0) is 128 Å². The first-order valence-electron chi connectivity index (χ1n) is 20.1. The second-order valence-electron chi connectivity index (χ2n) is 16.3. The number of carbonyl (C=O) groups is 4. The van der Waals surface area contributed by atoms with Crippen molar-refractivity contribution in [2.75, 3.05) is 13.1 Å². The standard InChI is InChI=1S/C48H44N2O8S4/c1-9-49-41(37-25-23-35(61-37)33-21-19-31(59-33)27-15-11-13-17-29(27)55-45(53)57-47(3,4)5)39-40(43(49)51)42(50(10-2)44(39)52)38-26-24-36(62-38)34-22-20-32(60-34)28-16-12-14-18-30(28)56-46(54)58-48(6,7)8/h11-26H,9-10H2,1-8H3. The highest BCUT2D eigenvalue weighted by molar-refractivity contribution is 7.25. The third kappa shape index (κ3) is 8.52. The maximum atomic E-state index is 14.4. The lowest BCUT2D eigenvalue weighted by molar-refractivity contribution is -0.124. The number of thiophene rings is 4. The molecule has 0 fully saturated rings. The van der Waals surface area contributed by atoms with Crippen molar-refractivity contribution in [3.63, 3.8) is 0 Å². The first-order chi connectivity index (χ1) is 29.5. The van der Waals surface area contributed by atoms with Gasteiger partial charge in [-0.3, -0.25) is 9.59 Å². The fraction of sp³-hybridized carbons (Fsp3) is 0.250. The number of benzene rings is 2. The Morgan fingerprint density at radius 2 is 0.774 bits per heavy atom. The van der Waals surface area contributed by atoms with Gasteiger partial charge < -0.3 is 28.7 Å². The van der Waals surface area contributed by atoms with Crippen molar-refractivity contribution in [1.82, 2.24) is 9.80 Å². The molecule has 4 aromatic heterocycles. The third-order valence-electron chi connectivity index (χ3n) is 9.66. The molecule has 8 rings (SSSR count). The maximum absolute atomic E-state index is 14.4. The summed E-state index contributed by atoms with van der Waals surface area (Å²) in [5.74, 6) is 0.417. The van der Waals surface area contributed by atoms with Crippen LogP contribution in [0.4, 0.5) is 9.59 Å². The summed E-state index contributed by atoms with van der Waals surface area (Å²) in [7, 11) is 0. The molecule has 0 spiro atoms. The molecule has 0 aliphatic carbocycles. The first kappa shape index (κ1) is 42.9. The molecule has 0 N–H and O–H groups in total. The highest BCUT2D eigenvalue weighted by Crippen LogP contribution is 2.51. The molecule has 318 valence electrons. The molecule has 62 heavy (non-hydrogen) atoms. The molecule has 6 aromatic rings. The Kier molecular flexibility index (Phi) is 11.6. The van der Waals surface area contributed by atoms with Gasteiger partial charge in [-0.2, -0.15) is 0 Å². The van der Waals surface area contributed by atoms with Crippen LogP contribution in [-0.4, -0.2) is 58.2 Å². The predicted molar refractivity (Wildman–Crippen MR) is 248 cm³/mol. The predicted octanol–water partition coefficient (Wildman–Crippen LogP) is 13.1. The first-order valence-corrected chi connectivity index (χ1v) is 23.3. The van der Waals surface area contributed by atoms with Crippen molar-refractivity contribution >= 4 is 80.9 Å². The quantitative estimate of drug-likeness (QED) is 0.0987. The van der Waals surface area contributed by atoms with Crippen molar-refractivity contribution in [1.29, 1.82) is 0 Å². The summed E-state index contributed by atoms with van der Waals surface area (Å²) in [6, 6.07) is 30.8. The number of carbonyl (C=O) groups excluding carboxylic acids is 4. The summed E-state index contributed by atoms with van der Waals surface area (Å²) in [6.45, 7) is 15.4. The van der Waals surface area contributed by atoms with E-state index in [4.69, 9.17) is 18.9 Å². The maximum Gasteiger partial charge on any atom is 0.514 e. The van der Waals surface area contributed by atoms with Gasteiger partial charge >= 0.3 is 12.3 Å². The summed E-state index contributed by atoms with van der Waals surface area (Å²) in [6.07, 6.45) is -1.54. The zero-order chi connectivity index (χ0) is 44.1. The number of ether oxygens (including phenoxy) is 4. The molecule has 10 nitrogen and oxygen atoms in total. The average molecular weight is 905 g/mol. The fourth-order valence-electron chi connectivity index (χ4n) is 7.18. The summed E-state index contributed by atoms with van der Waals surface area (Å²) in [5.41, 5.74) is 2.26. The van der Waals surface area contributed by atoms with Gasteiger partial charge in [0.25, 0.3) is 11.8 Å². The molecule has 0 saturated carbocycles. The lowest BCUT2D eigenvalue weighted by Crippen LogP contribution is -2.29. The van der Waals surface area contributed by atoms with Crippen LogP contribution in [0.5, 0.6) is 11.5 Å². The van der Waals surface area contributed by atoms with Crippen molar-refractivity contribution < 1.29 is 38.1 Å². The number of rotatable bonds is 10. The van der Waals surface area contributed by atoms with Crippen LogP contribution in [0.3, 0.4) is 0 Å². The molecular formula is C48H44N2O8S4. The van der Waals surface area contributed by atoms with E-state index >= 15 is 0 Å². The van der Waals surface area contributed by atoms with Crippen molar-refractivity contribution in [3.05, 3.63) is 118 Å². The van der Waals surface area contributed by atoms with Crippen LogP contribution in [-0.2, 0) is 19.1 Å². The Balaban J connectivity index is 1.09. The summed E-state index contributed by atoms with van der Waals surface area (Å²) in [5, 5.41) is 0. The molecule has 2 aliphatic rings. The molecule has 6 heterocycles. The Morgan fingerprint density at radius 1 is 0.468 bits per heavy atom. The number of hydrogen-bond donors (Lipinski definition) is 0. The largest absolute Gasteiger partial charge is 0.514 e.